The van der Waals surface area contributed by atoms with Crippen LogP contribution in [-0.2, 0) is 23.9 Å². The van der Waals surface area contributed by atoms with Gasteiger partial charge in [0, 0.05) is 5.56 Å². The summed E-state index contributed by atoms with van der Waals surface area (Å²) in [6.07, 6.45) is -0.744. The van der Waals surface area contributed by atoms with E-state index in [1.54, 1.807) is 54.5 Å². The molecule has 0 saturated heterocycles. The van der Waals surface area contributed by atoms with Crippen LogP contribution in [0.15, 0.2) is 17.3 Å². The SMILES string of the molecule is COc1cc(C)c(/C(=N/OC(C)(C)C(=O)OC(C)(C)C)C(=O)O)cc1NC(=O)OC(C)(C)C. The van der Waals surface area contributed by atoms with Crippen molar-refractivity contribution in [2.45, 2.75) is 79.1 Å². The number of benzene rings is 1. The third-order valence-corrected chi connectivity index (χ3v) is 3.90. The molecule has 33 heavy (non-hydrogen) atoms. The first-order chi connectivity index (χ1) is 14.9. The highest BCUT2D eigenvalue weighted by molar-refractivity contribution is 6.43. The van der Waals surface area contributed by atoms with E-state index in [1.165, 1.54) is 27.0 Å². The van der Waals surface area contributed by atoms with Gasteiger partial charge in [0.1, 0.15) is 17.0 Å². The summed E-state index contributed by atoms with van der Waals surface area (Å²) in [4.78, 5) is 41.9. The molecule has 10 nitrogen and oxygen atoms in total. The summed E-state index contributed by atoms with van der Waals surface area (Å²) in [5, 5.41) is 16.0. The number of esters is 1. The Morgan fingerprint density at radius 2 is 1.48 bits per heavy atom. The first-order valence-corrected chi connectivity index (χ1v) is 10.3. The van der Waals surface area contributed by atoms with Gasteiger partial charge in [-0.05, 0) is 80.0 Å². The number of carboxylic acid groups (broad SMARTS) is 1. The number of nitrogens with one attached hydrogen (secondary N) is 1. The summed E-state index contributed by atoms with van der Waals surface area (Å²) in [6, 6.07) is 2.92. The van der Waals surface area contributed by atoms with E-state index < -0.39 is 40.5 Å². The molecular formula is C23H34N2O8. The average molecular weight is 467 g/mol. The standard InChI is InChI=1S/C23H34N2O8/c1-13-11-16(30-10)15(24-20(29)32-22(5,6)7)12-14(13)17(18(26)27)25-33-23(8,9)19(28)31-21(2,3)4/h11-12H,1-10H3,(H,24,29)(H,26,27)/b25-17-. The maximum absolute atomic E-state index is 12.4. The minimum atomic E-state index is -1.55. The maximum atomic E-state index is 12.4. The summed E-state index contributed by atoms with van der Waals surface area (Å²) >= 11 is 0. The molecule has 1 amide bonds. The van der Waals surface area contributed by atoms with Gasteiger partial charge in [-0.2, -0.15) is 0 Å². The van der Waals surface area contributed by atoms with Crippen molar-refractivity contribution >= 4 is 29.4 Å². The molecule has 0 saturated carbocycles. The lowest BCUT2D eigenvalue weighted by molar-refractivity contribution is -0.179. The molecule has 0 unspecified atom stereocenters. The lowest BCUT2D eigenvalue weighted by Gasteiger charge is -2.26. The van der Waals surface area contributed by atoms with E-state index >= 15 is 0 Å². The van der Waals surface area contributed by atoms with Gasteiger partial charge in [-0.3, -0.25) is 5.32 Å². The molecule has 0 aromatic heterocycles. The Bertz CT molecular complexity index is 937. The number of ether oxygens (including phenoxy) is 3. The molecular weight excluding hydrogens is 432 g/mol. The number of rotatable bonds is 7. The molecule has 0 aliphatic carbocycles. The molecule has 0 aliphatic rings. The van der Waals surface area contributed by atoms with E-state index in [0.29, 0.717) is 11.3 Å². The Labute approximate surface area is 194 Å². The molecule has 1 rings (SSSR count). The molecule has 0 spiro atoms. The highest BCUT2D eigenvalue weighted by atomic mass is 16.7. The smallest absolute Gasteiger partial charge is 0.412 e. The molecule has 0 radical (unpaired) electrons. The fraction of sp³-hybridized carbons (Fsp3) is 0.565. The van der Waals surface area contributed by atoms with Crippen molar-refractivity contribution in [3.8, 4) is 5.75 Å². The lowest BCUT2D eigenvalue weighted by atomic mass is 10.0. The normalized spacial score (nSPS) is 12.6. The van der Waals surface area contributed by atoms with E-state index in [2.05, 4.69) is 10.5 Å². The number of aliphatic carboxylic acids is 1. The maximum Gasteiger partial charge on any atom is 0.412 e. The molecule has 1 aromatic rings. The van der Waals surface area contributed by atoms with Crippen molar-refractivity contribution in [1.29, 1.82) is 0 Å². The van der Waals surface area contributed by atoms with Crippen molar-refractivity contribution in [2.75, 3.05) is 12.4 Å². The number of oxime groups is 1. The number of anilines is 1. The zero-order chi connectivity index (χ0) is 25.8. The fourth-order valence-electron chi connectivity index (χ4n) is 2.42. The summed E-state index contributed by atoms with van der Waals surface area (Å²) in [7, 11) is 1.41. The van der Waals surface area contributed by atoms with Crippen molar-refractivity contribution < 1.29 is 38.5 Å². The Morgan fingerprint density at radius 1 is 0.939 bits per heavy atom. The van der Waals surface area contributed by atoms with E-state index in [1.807, 2.05) is 0 Å². The van der Waals surface area contributed by atoms with Gasteiger partial charge in [0.15, 0.2) is 5.71 Å². The second-order valence-corrected chi connectivity index (χ2v) is 9.84. The second-order valence-electron chi connectivity index (χ2n) is 9.84. The van der Waals surface area contributed by atoms with Crippen LogP contribution in [-0.4, -0.2) is 52.8 Å². The first kappa shape index (κ1) is 27.7. The van der Waals surface area contributed by atoms with Crippen molar-refractivity contribution in [2.24, 2.45) is 5.16 Å². The van der Waals surface area contributed by atoms with Crippen LogP contribution in [0.25, 0.3) is 0 Å². The van der Waals surface area contributed by atoms with Gasteiger partial charge in [0.05, 0.1) is 12.8 Å². The molecule has 0 heterocycles. The topological polar surface area (TPSA) is 133 Å². The molecule has 0 aliphatic heterocycles. The van der Waals surface area contributed by atoms with Crippen molar-refractivity contribution in [3.05, 3.63) is 23.3 Å². The number of nitrogens with zero attached hydrogens (tertiary/aromatic N) is 1. The molecule has 10 heteroatoms. The number of amides is 1. The minimum absolute atomic E-state index is 0.148. The van der Waals surface area contributed by atoms with Crippen LogP contribution in [0.1, 0.15) is 66.5 Å². The number of carbonyl (C=O) groups is 3. The summed E-state index contributed by atoms with van der Waals surface area (Å²) in [5.41, 5.74) is -2.71. The van der Waals surface area contributed by atoms with Crippen LogP contribution < -0.4 is 10.1 Å². The van der Waals surface area contributed by atoms with Crippen molar-refractivity contribution in [1.82, 2.24) is 0 Å². The van der Waals surface area contributed by atoms with Crippen LogP contribution in [0.4, 0.5) is 10.5 Å². The number of carboxylic acids is 1. The predicted molar refractivity (Wildman–Crippen MR) is 123 cm³/mol. The highest BCUT2D eigenvalue weighted by Crippen LogP contribution is 2.30. The Morgan fingerprint density at radius 3 is 1.94 bits per heavy atom. The zero-order valence-electron chi connectivity index (χ0n) is 20.9. The first-order valence-electron chi connectivity index (χ1n) is 10.3. The van der Waals surface area contributed by atoms with Crippen LogP contribution in [0.2, 0.25) is 0 Å². The van der Waals surface area contributed by atoms with Gasteiger partial charge in [-0.1, -0.05) is 5.16 Å². The van der Waals surface area contributed by atoms with Crippen LogP contribution in [0.3, 0.4) is 0 Å². The third kappa shape index (κ3) is 8.63. The van der Waals surface area contributed by atoms with Crippen LogP contribution >= 0.6 is 0 Å². The quantitative estimate of drug-likeness (QED) is 0.346. The molecule has 1 aromatic carbocycles. The van der Waals surface area contributed by atoms with Crippen LogP contribution in [0.5, 0.6) is 5.75 Å². The monoisotopic (exact) mass is 466 g/mol. The number of hydrogen-bond acceptors (Lipinski definition) is 8. The molecule has 184 valence electrons. The van der Waals surface area contributed by atoms with E-state index in [4.69, 9.17) is 19.0 Å². The van der Waals surface area contributed by atoms with Gasteiger partial charge in [0.25, 0.3) is 0 Å². The number of methoxy groups -OCH3 is 1. The van der Waals surface area contributed by atoms with Gasteiger partial charge < -0.3 is 24.2 Å². The lowest BCUT2D eigenvalue weighted by Crippen LogP contribution is -2.40. The van der Waals surface area contributed by atoms with Gasteiger partial charge in [-0.25, -0.2) is 14.4 Å². The van der Waals surface area contributed by atoms with Gasteiger partial charge in [0.2, 0.25) is 5.60 Å². The summed E-state index contributed by atoms with van der Waals surface area (Å²) < 4.78 is 15.8. The third-order valence-electron chi connectivity index (χ3n) is 3.90. The Hall–Kier alpha value is -3.30. The molecule has 0 fully saturated rings. The van der Waals surface area contributed by atoms with Gasteiger partial charge in [-0.15, -0.1) is 0 Å². The summed E-state index contributed by atoms with van der Waals surface area (Å²) in [6.45, 7) is 14.7. The van der Waals surface area contributed by atoms with Crippen LogP contribution in [0, 0.1) is 6.92 Å². The Balaban J connectivity index is 3.36. The highest BCUT2D eigenvalue weighted by Gasteiger charge is 2.36. The number of aryl methyl sites for hydroxylation is 1. The molecule has 2 N–H and O–H groups in total. The largest absolute Gasteiger partial charge is 0.495 e. The Kier molecular flexibility index (Phi) is 8.49. The molecule has 0 atom stereocenters. The molecule has 0 bridgehead atoms. The zero-order valence-corrected chi connectivity index (χ0v) is 20.9. The fourth-order valence-corrected chi connectivity index (χ4v) is 2.42. The average Bonchev–Trinajstić information content (AvgIpc) is 2.60. The number of carbonyl (C=O) groups excluding carboxylic acids is 2. The van der Waals surface area contributed by atoms with Gasteiger partial charge >= 0.3 is 18.0 Å². The van der Waals surface area contributed by atoms with E-state index in [9.17, 15) is 19.5 Å². The van der Waals surface area contributed by atoms with E-state index in [0.717, 1.165) is 0 Å². The van der Waals surface area contributed by atoms with Crippen molar-refractivity contribution in [3.63, 3.8) is 0 Å². The predicted octanol–water partition coefficient (Wildman–Crippen LogP) is 4.28. The second kappa shape index (κ2) is 10.1. The van der Waals surface area contributed by atoms with E-state index in [-0.39, 0.29) is 11.3 Å². The summed E-state index contributed by atoms with van der Waals surface area (Å²) in [5.74, 6) is -1.81. The number of hydrogen-bond donors (Lipinski definition) is 2. The minimum Gasteiger partial charge on any atom is -0.495 e.